The minimum atomic E-state index is -0.420. The van der Waals surface area contributed by atoms with Gasteiger partial charge in [0.25, 0.3) is 0 Å². The molecule has 0 fully saturated rings. The fourth-order valence-corrected chi connectivity index (χ4v) is 3.97. The van der Waals surface area contributed by atoms with E-state index in [1.165, 1.54) is 0 Å². The summed E-state index contributed by atoms with van der Waals surface area (Å²) >= 11 is 0. The van der Waals surface area contributed by atoms with Gasteiger partial charge in [0.15, 0.2) is 5.78 Å². The summed E-state index contributed by atoms with van der Waals surface area (Å²) in [7, 11) is 0. The number of benzene rings is 4. The van der Waals surface area contributed by atoms with E-state index >= 15 is 0 Å². The normalized spacial score (nSPS) is 12.8. The Morgan fingerprint density at radius 3 is 2.10 bits per heavy atom. The molecule has 4 aromatic rings. The zero-order chi connectivity index (χ0) is 20.1. The number of fused-ring (bicyclic) bond motifs is 1. The van der Waals surface area contributed by atoms with Crippen LogP contribution in [0.25, 0.3) is 10.8 Å². The van der Waals surface area contributed by atoms with E-state index in [0.29, 0.717) is 5.56 Å². The van der Waals surface area contributed by atoms with Gasteiger partial charge in [-0.2, -0.15) is 5.26 Å². The molecule has 0 aliphatic carbocycles. The topological polar surface area (TPSA) is 40.9 Å². The predicted octanol–water partition coefficient (Wildman–Crippen LogP) is 6.50. The summed E-state index contributed by atoms with van der Waals surface area (Å²) in [6.45, 7) is 0. The molecule has 4 rings (SSSR count). The van der Waals surface area contributed by atoms with Gasteiger partial charge in [0.1, 0.15) is 0 Å². The van der Waals surface area contributed by atoms with Crippen LogP contribution in [-0.4, -0.2) is 5.78 Å². The van der Waals surface area contributed by atoms with Crippen molar-refractivity contribution in [2.24, 2.45) is 0 Å². The predicted molar refractivity (Wildman–Crippen MR) is 117 cm³/mol. The number of hydrogen-bond donors (Lipinski definition) is 0. The van der Waals surface area contributed by atoms with Gasteiger partial charge in [-0.05, 0) is 21.9 Å². The van der Waals surface area contributed by atoms with Crippen molar-refractivity contribution < 1.29 is 4.79 Å². The lowest BCUT2D eigenvalue weighted by molar-refractivity contribution is 0.0972. The second-order valence-electron chi connectivity index (χ2n) is 7.19. The largest absolute Gasteiger partial charge is 0.294 e. The summed E-state index contributed by atoms with van der Waals surface area (Å²) in [4.78, 5) is 13.0. The second-order valence-corrected chi connectivity index (χ2v) is 7.19. The highest BCUT2D eigenvalue weighted by atomic mass is 16.1. The van der Waals surface area contributed by atoms with Crippen molar-refractivity contribution in [2.75, 3.05) is 0 Å². The van der Waals surface area contributed by atoms with Gasteiger partial charge < -0.3 is 0 Å². The highest BCUT2D eigenvalue weighted by Gasteiger charge is 2.28. The van der Waals surface area contributed by atoms with Crippen LogP contribution >= 0.6 is 0 Å². The molecule has 0 saturated heterocycles. The summed E-state index contributed by atoms with van der Waals surface area (Å²) < 4.78 is 0. The number of carbonyl (C=O) groups is 1. The smallest absolute Gasteiger partial charge is 0.163 e. The van der Waals surface area contributed by atoms with E-state index in [9.17, 15) is 10.1 Å². The van der Waals surface area contributed by atoms with Gasteiger partial charge >= 0.3 is 0 Å². The van der Waals surface area contributed by atoms with Gasteiger partial charge in [0, 0.05) is 17.9 Å². The third-order valence-corrected chi connectivity index (χ3v) is 5.43. The molecular formula is C27H21NO. The van der Waals surface area contributed by atoms with Crippen molar-refractivity contribution in [1.82, 2.24) is 0 Å². The Bertz CT molecular complexity index is 1150. The summed E-state index contributed by atoms with van der Waals surface area (Å²) in [5.74, 6) is -0.587. The average molecular weight is 375 g/mol. The number of Topliss-reactive ketones (excluding diaryl/α,β-unsaturated/α-hetero) is 1. The van der Waals surface area contributed by atoms with Crippen LogP contribution in [0.4, 0.5) is 0 Å². The van der Waals surface area contributed by atoms with Gasteiger partial charge in [0.2, 0.25) is 0 Å². The number of nitrogens with zero attached hydrogens (tertiary/aromatic N) is 1. The fourth-order valence-electron chi connectivity index (χ4n) is 3.97. The molecule has 140 valence electrons. The summed E-state index contributed by atoms with van der Waals surface area (Å²) in [5.41, 5.74) is 2.67. The van der Waals surface area contributed by atoms with Gasteiger partial charge in [0.05, 0.1) is 12.0 Å². The summed E-state index contributed by atoms with van der Waals surface area (Å²) in [6.07, 6.45) is 0.287. The van der Waals surface area contributed by atoms with Crippen molar-refractivity contribution in [3.8, 4) is 6.07 Å². The Morgan fingerprint density at radius 1 is 0.759 bits per heavy atom. The summed E-state index contributed by atoms with van der Waals surface area (Å²) in [6, 6.07) is 35.9. The lowest BCUT2D eigenvalue weighted by atomic mass is 9.77. The lowest BCUT2D eigenvalue weighted by Crippen LogP contribution is -2.15. The fraction of sp³-hybridized carbons (Fsp3) is 0.111. The molecule has 0 radical (unpaired) electrons. The van der Waals surface area contributed by atoms with Crippen molar-refractivity contribution in [3.05, 3.63) is 120 Å². The highest BCUT2D eigenvalue weighted by molar-refractivity contribution is 5.96. The molecule has 0 aliphatic heterocycles. The maximum atomic E-state index is 13.0. The van der Waals surface area contributed by atoms with E-state index in [-0.39, 0.29) is 18.1 Å². The molecule has 0 amide bonds. The van der Waals surface area contributed by atoms with Crippen molar-refractivity contribution >= 4 is 16.6 Å². The molecule has 29 heavy (non-hydrogen) atoms. The average Bonchev–Trinajstić information content (AvgIpc) is 2.80. The SMILES string of the molecule is N#C[C@@H](c1cccc2ccccc12)[C@@H](CC(=O)c1ccccc1)c1ccccc1. The molecular weight excluding hydrogens is 354 g/mol. The second kappa shape index (κ2) is 8.54. The molecule has 0 heterocycles. The zero-order valence-electron chi connectivity index (χ0n) is 16.0. The summed E-state index contributed by atoms with van der Waals surface area (Å²) in [5, 5.41) is 12.4. The van der Waals surface area contributed by atoms with Crippen LogP contribution < -0.4 is 0 Å². The van der Waals surface area contributed by atoms with Crippen LogP contribution in [-0.2, 0) is 0 Å². The number of nitriles is 1. The maximum Gasteiger partial charge on any atom is 0.163 e. The standard InChI is InChI=1S/C27H21NO/c28-19-26(24-17-9-15-20-12-7-8-16-23(20)24)25(21-10-3-1-4-11-21)18-27(29)22-13-5-2-6-14-22/h1-17,25-26H,18H2/t25-,26-/m0/s1. The zero-order valence-corrected chi connectivity index (χ0v) is 16.0. The highest BCUT2D eigenvalue weighted by Crippen LogP contribution is 2.39. The third-order valence-electron chi connectivity index (χ3n) is 5.43. The van der Waals surface area contributed by atoms with Crippen LogP contribution in [0.15, 0.2) is 103 Å². The van der Waals surface area contributed by atoms with Crippen LogP contribution in [0.3, 0.4) is 0 Å². The quantitative estimate of drug-likeness (QED) is 0.361. The Labute approximate surface area is 171 Å². The first kappa shape index (κ1) is 18.7. The molecule has 0 unspecified atom stereocenters. The van der Waals surface area contributed by atoms with E-state index < -0.39 is 5.92 Å². The van der Waals surface area contributed by atoms with E-state index in [2.05, 4.69) is 24.3 Å². The van der Waals surface area contributed by atoms with Gasteiger partial charge in [-0.15, -0.1) is 0 Å². The Kier molecular flexibility index (Phi) is 5.49. The van der Waals surface area contributed by atoms with E-state index in [0.717, 1.165) is 21.9 Å². The van der Waals surface area contributed by atoms with E-state index in [1.807, 2.05) is 84.9 Å². The lowest BCUT2D eigenvalue weighted by Gasteiger charge is -2.24. The number of rotatable bonds is 6. The molecule has 2 atom stereocenters. The first-order chi connectivity index (χ1) is 14.3. The minimum absolute atomic E-state index is 0.0555. The molecule has 0 bridgehead atoms. The number of carbonyl (C=O) groups excluding carboxylic acids is 1. The molecule has 2 nitrogen and oxygen atoms in total. The van der Waals surface area contributed by atoms with Crippen molar-refractivity contribution in [2.45, 2.75) is 18.3 Å². The van der Waals surface area contributed by atoms with Crippen LogP contribution in [0.2, 0.25) is 0 Å². The van der Waals surface area contributed by atoms with Gasteiger partial charge in [-0.3, -0.25) is 4.79 Å². The van der Waals surface area contributed by atoms with Crippen LogP contribution in [0, 0.1) is 11.3 Å². The van der Waals surface area contributed by atoms with Gasteiger partial charge in [-0.1, -0.05) is 103 Å². The van der Waals surface area contributed by atoms with Crippen LogP contribution in [0.1, 0.15) is 39.7 Å². The van der Waals surface area contributed by atoms with E-state index in [4.69, 9.17) is 0 Å². The number of hydrogen-bond acceptors (Lipinski definition) is 2. The Balaban J connectivity index is 1.79. The molecule has 0 spiro atoms. The van der Waals surface area contributed by atoms with Gasteiger partial charge in [-0.25, -0.2) is 0 Å². The Morgan fingerprint density at radius 2 is 1.38 bits per heavy atom. The van der Waals surface area contributed by atoms with E-state index in [1.54, 1.807) is 0 Å². The molecule has 0 saturated carbocycles. The molecule has 0 aliphatic rings. The molecule has 0 aromatic heterocycles. The Hall–Kier alpha value is -3.70. The first-order valence-electron chi connectivity index (χ1n) is 9.78. The molecule has 2 heteroatoms. The van der Waals surface area contributed by atoms with Crippen LogP contribution in [0.5, 0.6) is 0 Å². The molecule has 4 aromatic carbocycles. The third kappa shape index (κ3) is 3.95. The minimum Gasteiger partial charge on any atom is -0.294 e. The first-order valence-corrected chi connectivity index (χ1v) is 9.78. The number of ketones is 1. The molecule has 0 N–H and O–H groups in total. The van der Waals surface area contributed by atoms with Crippen molar-refractivity contribution in [3.63, 3.8) is 0 Å². The maximum absolute atomic E-state index is 13.0. The monoisotopic (exact) mass is 375 g/mol. The van der Waals surface area contributed by atoms with Crippen molar-refractivity contribution in [1.29, 1.82) is 5.26 Å².